The molecule has 1 rings (SSSR count). The molecule has 0 fully saturated rings. The van der Waals surface area contributed by atoms with Crippen molar-refractivity contribution in [1.29, 1.82) is 0 Å². The van der Waals surface area contributed by atoms with Crippen LogP contribution in [-0.4, -0.2) is 15.2 Å². The maximum absolute atomic E-state index is 8.59. The van der Waals surface area contributed by atoms with Crippen LogP contribution in [0.4, 0.5) is 0 Å². The molecule has 0 aliphatic rings. The van der Waals surface area contributed by atoms with E-state index in [0.29, 0.717) is 10.7 Å². The van der Waals surface area contributed by atoms with Crippen molar-refractivity contribution in [3.05, 3.63) is 29.0 Å². The van der Waals surface area contributed by atoms with Crippen molar-refractivity contribution < 1.29 is 10.2 Å². The van der Waals surface area contributed by atoms with Crippen LogP contribution in [0.3, 0.4) is 0 Å². The summed E-state index contributed by atoms with van der Waals surface area (Å²) in [6.45, 7) is 0. The first-order valence-corrected chi connectivity index (χ1v) is 3.05. The van der Waals surface area contributed by atoms with Crippen LogP contribution in [0, 0.1) is 0 Å². The topological polar surface area (TPSA) is 53.4 Å². The van der Waals surface area contributed by atoms with E-state index in [2.05, 4.69) is 4.98 Å². The minimum atomic E-state index is -1.47. The highest BCUT2D eigenvalue weighted by Gasteiger charge is 2.00. The number of halogens is 1. The number of rotatable bonds is 1. The van der Waals surface area contributed by atoms with Crippen molar-refractivity contribution in [2.45, 2.75) is 6.29 Å². The summed E-state index contributed by atoms with van der Waals surface area (Å²) >= 11 is 5.44. The second-order valence-corrected chi connectivity index (χ2v) is 2.18. The van der Waals surface area contributed by atoms with E-state index < -0.39 is 6.29 Å². The lowest BCUT2D eigenvalue weighted by molar-refractivity contribution is -0.0427. The highest BCUT2D eigenvalue weighted by molar-refractivity contribution is 6.29. The van der Waals surface area contributed by atoms with Crippen molar-refractivity contribution in [1.82, 2.24) is 4.98 Å². The zero-order valence-corrected chi connectivity index (χ0v) is 5.78. The lowest BCUT2D eigenvalue weighted by Gasteiger charge is -2.00. The van der Waals surface area contributed by atoms with Gasteiger partial charge in [-0.2, -0.15) is 0 Å². The average molecular weight is 160 g/mol. The molecule has 0 radical (unpaired) electrons. The summed E-state index contributed by atoms with van der Waals surface area (Å²) in [5.41, 5.74) is 0.337. The Morgan fingerprint density at radius 2 is 2.10 bits per heavy atom. The maximum Gasteiger partial charge on any atom is 0.179 e. The van der Waals surface area contributed by atoms with Gasteiger partial charge >= 0.3 is 0 Å². The van der Waals surface area contributed by atoms with Crippen molar-refractivity contribution in [3.63, 3.8) is 0 Å². The summed E-state index contributed by atoms with van der Waals surface area (Å²) in [5.74, 6) is 0. The molecule has 0 amide bonds. The Morgan fingerprint density at radius 1 is 1.40 bits per heavy atom. The monoisotopic (exact) mass is 159 g/mol. The molecule has 4 heteroatoms. The number of nitrogens with zero attached hydrogens (tertiary/aromatic N) is 1. The van der Waals surface area contributed by atoms with Crippen LogP contribution in [0.2, 0.25) is 5.15 Å². The minimum absolute atomic E-state index is 0.337. The molecule has 0 atom stereocenters. The Balaban J connectivity index is 2.89. The second-order valence-electron chi connectivity index (χ2n) is 1.79. The SMILES string of the molecule is OC(O)c1ccc(Cl)nc1. The first-order chi connectivity index (χ1) is 4.70. The molecule has 0 unspecified atom stereocenters. The van der Waals surface area contributed by atoms with Crippen LogP contribution in [0.25, 0.3) is 0 Å². The lowest BCUT2D eigenvalue weighted by Crippen LogP contribution is -1.94. The van der Waals surface area contributed by atoms with Gasteiger partial charge in [0.15, 0.2) is 6.29 Å². The Bertz CT molecular complexity index is 209. The third-order valence-corrected chi connectivity index (χ3v) is 1.27. The van der Waals surface area contributed by atoms with E-state index in [1.54, 1.807) is 0 Å². The molecule has 0 bridgehead atoms. The molecule has 3 nitrogen and oxygen atoms in total. The largest absolute Gasteiger partial charge is 0.364 e. The molecule has 0 aromatic carbocycles. The highest BCUT2D eigenvalue weighted by atomic mass is 35.5. The van der Waals surface area contributed by atoms with Gasteiger partial charge in [0.05, 0.1) is 0 Å². The average Bonchev–Trinajstić information content (AvgIpc) is 1.88. The number of aromatic nitrogens is 1. The smallest absolute Gasteiger partial charge is 0.179 e. The van der Waals surface area contributed by atoms with E-state index in [1.165, 1.54) is 18.3 Å². The Morgan fingerprint density at radius 3 is 2.50 bits per heavy atom. The number of pyridine rings is 1. The van der Waals surface area contributed by atoms with Crippen LogP contribution in [-0.2, 0) is 0 Å². The third-order valence-electron chi connectivity index (χ3n) is 1.05. The molecule has 1 aromatic rings. The van der Waals surface area contributed by atoms with Crippen molar-refractivity contribution in [2.75, 3.05) is 0 Å². The molecule has 1 heterocycles. The van der Waals surface area contributed by atoms with Gasteiger partial charge in [0, 0.05) is 11.8 Å². The summed E-state index contributed by atoms with van der Waals surface area (Å²) in [4.78, 5) is 3.65. The standard InChI is InChI=1S/C6H6ClNO2/c7-5-2-1-4(3-8-5)6(9)10/h1-3,6,9-10H. The van der Waals surface area contributed by atoms with E-state index in [4.69, 9.17) is 21.8 Å². The van der Waals surface area contributed by atoms with Crippen LogP contribution < -0.4 is 0 Å². The number of aliphatic hydroxyl groups excluding tert-OH is 1. The molecule has 54 valence electrons. The van der Waals surface area contributed by atoms with Crippen molar-refractivity contribution in [3.8, 4) is 0 Å². The Kier molecular flexibility index (Phi) is 2.21. The zero-order valence-electron chi connectivity index (χ0n) is 5.03. The van der Waals surface area contributed by atoms with Gasteiger partial charge in [0.25, 0.3) is 0 Å². The molecular formula is C6H6ClNO2. The van der Waals surface area contributed by atoms with Gasteiger partial charge in [0.2, 0.25) is 0 Å². The lowest BCUT2D eigenvalue weighted by atomic mass is 10.3. The van der Waals surface area contributed by atoms with Crippen LogP contribution in [0.5, 0.6) is 0 Å². The van der Waals surface area contributed by atoms with E-state index >= 15 is 0 Å². The first-order valence-electron chi connectivity index (χ1n) is 2.68. The van der Waals surface area contributed by atoms with Crippen LogP contribution in [0.15, 0.2) is 18.3 Å². The predicted octanol–water partition coefficient (Wildman–Crippen LogP) is 0.718. The Hall–Kier alpha value is -0.640. The molecule has 0 spiro atoms. The molecule has 0 saturated carbocycles. The van der Waals surface area contributed by atoms with Crippen LogP contribution in [0.1, 0.15) is 11.9 Å². The third kappa shape index (κ3) is 1.67. The normalized spacial score (nSPS) is 10.4. The molecule has 0 aliphatic heterocycles. The van der Waals surface area contributed by atoms with E-state index in [1.807, 2.05) is 0 Å². The Labute approximate surface area is 62.9 Å². The molecule has 10 heavy (non-hydrogen) atoms. The summed E-state index contributed by atoms with van der Waals surface area (Å²) in [6, 6.07) is 3.00. The second kappa shape index (κ2) is 2.96. The van der Waals surface area contributed by atoms with Gasteiger partial charge in [-0.05, 0) is 12.1 Å². The molecular weight excluding hydrogens is 154 g/mol. The quantitative estimate of drug-likeness (QED) is 0.469. The summed E-state index contributed by atoms with van der Waals surface area (Å²) in [6.07, 6.45) is -0.155. The van der Waals surface area contributed by atoms with E-state index in [-0.39, 0.29) is 0 Å². The van der Waals surface area contributed by atoms with E-state index in [9.17, 15) is 0 Å². The minimum Gasteiger partial charge on any atom is -0.364 e. The highest BCUT2D eigenvalue weighted by Crippen LogP contribution is 2.10. The van der Waals surface area contributed by atoms with Gasteiger partial charge in [-0.15, -0.1) is 0 Å². The number of hydrogen-bond donors (Lipinski definition) is 2. The predicted molar refractivity (Wildman–Crippen MR) is 36.4 cm³/mol. The molecule has 1 aromatic heterocycles. The summed E-state index contributed by atoms with van der Waals surface area (Å²) < 4.78 is 0. The van der Waals surface area contributed by atoms with Gasteiger partial charge in [0.1, 0.15) is 5.15 Å². The molecule has 0 aliphatic carbocycles. The van der Waals surface area contributed by atoms with Crippen molar-refractivity contribution in [2.24, 2.45) is 0 Å². The maximum atomic E-state index is 8.59. The van der Waals surface area contributed by atoms with Crippen LogP contribution >= 0.6 is 11.6 Å². The summed E-state index contributed by atoms with van der Waals surface area (Å²) in [5, 5.41) is 17.5. The number of hydrogen-bond acceptors (Lipinski definition) is 3. The molecule has 2 N–H and O–H groups in total. The van der Waals surface area contributed by atoms with Crippen molar-refractivity contribution >= 4 is 11.6 Å². The zero-order chi connectivity index (χ0) is 7.56. The number of aliphatic hydroxyl groups is 2. The fourth-order valence-corrected chi connectivity index (χ4v) is 0.652. The fraction of sp³-hybridized carbons (Fsp3) is 0.167. The van der Waals surface area contributed by atoms with Gasteiger partial charge in [-0.1, -0.05) is 11.6 Å². The summed E-state index contributed by atoms with van der Waals surface area (Å²) in [7, 11) is 0. The van der Waals surface area contributed by atoms with Gasteiger partial charge in [-0.3, -0.25) is 0 Å². The fourth-order valence-electron chi connectivity index (χ4n) is 0.540. The molecule has 0 saturated heterocycles. The van der Waals surface area contributed by atoms with Gasteiger partial charge < -0.3 is 10.2 Å². The first kappa shape index (κ1) is 7.47. The van der Waals surface area contributed by atoms with Gasteiger partial charge in [-0.25, -0.2) is 4.98 Å². The van der Waals surface area contributed by atoms with E-state index in [0.717, 1.165) is 0 Å².